The summed E-state index contributed by atoms with van der Waals surface area (Å²) in [6.45, 7) is 3.10. The maximum Gasteiger partial charge on any atom is 0.0520 e. The van der Waals surface area contributed by atoms with Gasteiger partial charge in [-0.3, -0.25) is 0 Å². The standard InChI is InChI=1S/C15H18Br2N2S/c1-10(18-2)14-5-4-11(16)7-15(14)19(3)8-13-6-12(17)9-20-13/h4-7,9-10,18H,8H2,1-3H3. The number of nitrogens with zero attached hydrogens (tertiary/aromatic N) is 1. The summed E-state index contributed by atoms with van der Waals surface area (Å²) in [6, 6.07) is 8.98. The Morgan fingerprint density at radius 3 is 2.60 bits per heavy atom. The third-order valence-electron chi connectivity index (χ3n) is 3.32. The van der Waals surface area contributed by atoms with Crippen molar-refractivity contribution in [2.45, 2.75) is 19.5 Å². The molecule has 108 valence electrons. The topological polar surface area (TPSA) is 15.3 Å². The molecule has 0 aliphatic rings. The van der Waals surface area contributed by atoms with Crippen LogP contribution in [-0.4, -0.2) is 14.1 Å². The van der Waals surface area contributed by atoms with Gasteiger partial charge in [-0.05, 0) is 53.7 Å². The van der Waals surface area contributed by atoms with Gasteiger partial charge in [-0.15, -0.1) is 11.3 Å². The molecule has 1 unspecified atom stereocenters. The van der Waals surface area contributed by atoms with Crippen molar-refractivity contribution in [1.82, 2.24) is 5.32 Å². The molecule has 0 aliphatic heterocycles. The van der Waals surface area contributed by atoms with Crippen molar-refractivity contribution in [3.05, 3.63) is 49.0 Å². The quantitative estimate of drug-likeness (QED) is 0.719. The Morgan fingerprint density at radius 1 is 1.25 bits per heavy atom. The van der Waals surface area contributed by atoms with Gasteiger partial charge in [-0.2, -0.15) is 0 Å². The van der Waals surface area contributed by atoms with Crippen molar-refractivity contribution in [3.8, 4) is 0 Å². The molecular weight excluding hydrogens is 400 g/mol. The molecule has 1 heterocycles. The van der Waals surface area contributed by atoms with Gasteiger partial charge in [0, 0.05) is 38.0 Å². The molecule has 1 aromatic heterocycles. The minimum atomic E-state index is 0.329. The van der Waals surface area contributed by atoms with Crippen molar-refractivity contribution in [2.75, 3.05) is 19.0 Å². The molecule has 0 amide bonds. The predicted octanol–water partition coefficient (Wildman–Crippen LogP) is 5.19. The first-order valence-electron chi connectivity index (χ1n) is 6.42. The maximum atomic E-state index is 3.57. The van der Waals surface area contributed by atoms with E-state index in [1.807, 2.05) is 7.05 Å². The van der Waals surface area contributed by atoms with Crippen LogP contribution in [0, 0.1) is 0 Å². The van der Waals surface area contributed by atoms with Crippen LogP contribution < -0.4 is 10.2 Å². The lowest BCUT2D eigenvalue weighted by Crippen LogP contribution is -2.21. The fourth-order valence-electron chi connectivity index (χ4n) is 2.12. The highest BCUT2D eigenvalue weighted by Crippen LogP contribution is 2.31. The summed E-state index contributed by atoms with van der Waals surface area (Å²) >= 11 is 8.87. The smallest absolute Gasteiger partial charge is 0.0520 e. The Bertz CT molecular complexity index is 583. The molecule has 0 bridgehead atoms. The monoisotopic (exact) mass is 416 g/mol. The van der Waals surface area contributed by atoms with Gasteiger partial charge < -0.3 is 10.2 Å². The number of hydrogen-bond donors (Lipinski definition) is 1. The number of nitrogens with one attached hydrogen (secondary N) is 1. The molecular formula is C15H18Br2N2S. The number of benzene rings is 1. The van der Waals surface area contributed by atoms with Gasteiger partial charge in [0.15, 0.2) is 0 Å². The van der Waals surface area contributed by atoms with Crippen LogP contribution in [0.25, 0.3) is 0 Å². The minimum Gasteiger partial charge on any atom is -0.369 e. The van der Waals surface area contributed by atoms with Gasteiger partial charge in [-0.25, -0.2) is 0 Å². The second-order valence-corrected chi connectivity index (χ2v) is 7.63. The zero-order valence-corrected chi connectivity index (χ0v) is 15.8. The van der Waals surface area contributed by atoms with Crippen molar-refractivity contribution in [3.63, 3.8) is 0 Å². The van der Waals surface area contributed by atoms with Gasteiger partial charge in [-0.1, -0.05) is 22.0 Å². The summed E-state index contributed by atoms with van der Waals surface area (Å²) in [5.74, 6) is 0. The van der Waals surface area contributed by atoms with Crippen LogP contribution in [0.1, 0.15) is 23.4 Å². The molecule has 0 aliphatic carbocycles. The predicted molar refractivity (Wildman–Crippen MR) is 95.7 cm³/mol. The Hall–Kier alpha value is -0.360. The molecule has 1 N–H and O–H groups in total. The number of hydrogen-bond acceptors (Lipinski definition) is 3. The summed E-state index contributed by atoms with van der Waals surface area (Å²) in [5.41, 5.74) is 2.57. The molecule has 20 heavy (non-hydrogen) atoms. The number of halogens is 2. The van der Waals surface area contributed by atoms with Crippen molar-refractivity contribution in [2.24, 2.45) is 0 Å². The Balaban J connectivity index is 2.27. The second-order valence-electron chi connectivity index (χ2n) is 4.80. The molecule has 0 saturated carbocycles. The summed E-state index contributed by atoms with van der Waals surface area (Å²) < 4.78 is 2.27. The normalized spacial score (nSPS) is 12.4. The van der Waals surface area contributed by atoms with Crippen LogP contribution in [0.4, 0.5) is 5.69 Å². The summed E-state index contributed by atoms with van der Waals surface area (Å²) in [5, 5.41) is 5.44. The summed E-state index contributed by atoms with van der Waals surface area (Å²) in [4.78, 5) is 3.65. The van der Waals surface area contributed by atoms with Crippen LogP contribution in [-0.2, 0) is 6.54 Å². The third-order valence-corrected chi connectivity index (χ3v) is 5.49. The van der Waals surface area contributed by atoms with E-state index < -0.39 is 0 Å². The average Bonchev–Trinajstić information content (AvgIpc) is 2.83. The molecule has 2 nitrogen and oxygen atoms in total. The molecule has 0 fully saturated rings. The molecule has 1 aromatic carbocycles. The molecule has 1 atom stereocenters. The van der Waals surface area contributed by atoms with Crippen LogP contribution in [0.2, 0.25) is 0 Å². The second kappa shape index (κ2) is 7.07. The highest BCUT2D eigenvalue weighted by atomic mass is 79.9. The minimum absolute atomic E-state index is 0.329. The van der Waals surface area contributed by atoms with Gasteiger partial charge in [0.1, 0.15) is 0 Å². The summed E-state index contributed by atoms with van der Waals surface area (Å²) in [7, 11) is 4.13. The molecule has 0 radical (unpaired) electrons. The Kier molecular flexibility index (Phi) is 5.66. The van der Waals surface area contributed by atoms with E-state index in [0.29, 0.717) is 6.04 Å². The van der Waals surface area contributed by atoms with E-state index in [-0.39, 0.29) is 0 Å². The van der Waals surface area contributed by atoms with E-state index in [9.17, 15) is 0 Å². The largest absolute Gasteiger partial charge is 0.369 e. The molecule has 2 rings (SSSR count). The van der Waals surface area contributed by atoms with Crippen molar-refractivity contribution in [1.29, 1.82) is 0 Å². The molecule has 0 spiro atoms. The first-order chi connectivity index (χ1) is 9.51. The lowest BCUT2D eigenvalue weighted by atomic mass is 10.1. The van der Waals surface area contributed by atoms with E-state index in [2.05, 4.69) is 85.7 Å². The van der Waals surface area contributed by atoms with Crippen LogP contribution in [0.15, 0.2) is 38.6 Å². The molecule has 0 saturated heterocycles. The highest BCUT2D eigenvalue weighted by molar-refractivity contribution is 9.10. The van der Waals surface area contributed by atoms with Gasteiger partial charge in [0.05, 0.1) is 6.54 Å². The fraction of sp³-hybridized carbons (Fsp3) is 0.333. The zero-order chi connectivity index (χ0) is 14.7. The zero-order valence-electron chi connectivity index (χ0n) is 11.8. The number of thiophene rings is 1. The van der Waals surface area contributed by atoms with E-state index in [1.54, 1.807) is 11.3 Å². The van der Waals surface area contributed by atoms with Crippen LogP contribution in [0.3, 0.4) is 0 Å². The van der Waals surface area contributed by atoms with Gasteiger partial charge in [0.25, 0.3) is 0 Å². The van der Waals surface area contributed by atoms with E-state index in [0.717, 1.165) is 15.5 Å². The number of rotatable bonds is 5. The lowest BCUT2D eigenvalue weighted by molar-refractivity contribution is 0.649. The maximum absolute atomic E-state index is 3.57. The van der Waals surface area contributed by atoms with Crippen LogP contribution in [0.5, 0.6) is 0 Å². The van der Waals surface area contributed by atoms with Crippen molar-refractivity contribution >= 4 is 48.9 Å². The van der Waals surface area contributed by atoms with E-state index in [1.165, 1.54) is 16.1 Å². The fourth-order valence-corrected chi connectivity index (χ4v) is 3.98. The Labute approximate surface area is 141 Å². The first-order valence-corrected chi connectivity index (χ1v) is 8.88. The highest BCUT2D eigenvalue weighted by Gasteiger charge is 2.13. The van der Waals surface area contributed by atoms with Gasteiger partial charge in [0.2, 0.25) is 0 Å². The Morgan fingerprint density at radius 2 is 2.00 bits per heavy atom. The molecule has 5 heteroatoms. The van der Waals surface area contributed by atoms with E-state index in [4.69, 9.17) is 0 Å². The van der Waals surface area contributed by atoms with Crippen LogP contribution >= 0.6 is 43.2 Å². The lowest BCUT2D eigenvalue weighted by Gasteiger charge is -2.25. The first kappa shape index (κ1) is 16.0. The SMILES string of the molecule is CNC(C)c1ccc(Br)cc1N(C)Cc1cc(Br)cs1. The van der Waals surface area contributed by atoms with Crippen molar-refractivity contribution < 1.29 is 0 Å². The number of anilines is 1. The van der Waals surface area contributed by atoms with E-state index >= 15 is 0 Å². The van der Waals surface area contributed by atoms with Gasteiger partial charge >= 0.3 is 0 Å². The summed E-state index contributed by atoms with van der Waals surface area (Å²) in [6.07, 6.45) is 0. The average molecular weight is 418 g/mol. The molecule has 2 aromatic rings. The third kappa shape index (κ3) is 3.85.